The SMILES string of the molecule is CCCCSc1ccccc1C(CC(N)=O)CC(N)=O. The van der Waals surface area contributed by atoms with Crippen molar-refractivity contribution in [3.8, 4) is 0 Å². The Morgan fingerprint density at radius 1 is 1.15 bits per heavy atom. The third kappa shape index (κ3) is 5.65. The van der Waals surface area contributed by atoms with Crippen LogP contribution in [0.25, 0.3) is 0 Å². The lowest BCUT2D eigenvalue weighted by molar-refractivity contribution is -0.119. The summed E-state index contributed by atoms with van der Waals surface area (Å²) >= 11 is 1.75. The zero-order chi connectivity index (χ0) is 15.0. The van der Waals surface area contributed by atoms with Gasteiger partial charge in [-0.15, -0.1) is 11.8 Å². The molecule has 4 nitrogen and oxygen atoms in total. The molecule has 110 valence electrons. The molecule has 0 aliphatic rings. The molecule has 0 fully saturated rings. The highest BCUT2D eigenvalue weighted by Crippen LogP contribution is 2.32. The Hall–Kier alpha value is -1.49. The normalized spacial score (nSPS) is 10.7. The molecule has 0 unspecified atom stereocenters. The van der Waals surface area contributed by atoms with Crippen molar-refractivity contribution in [3.05, 3.63) is 29.8 Å². The molecule has 1 aromatic carbocycles. The van der Waals surface area contributed by atoms with Crippen molar-refractivity contribution >= 4 is 23.6 Å². The van der Waals surface area contributed by atoms with Crippen LogP contribution in [0.2, 0.25) is 0 Å². The fourth-order valence-electron chi connectivity index (χ4n) is 2.05. The van der Waals surface area contributed by atoms with Gasteiger partial charge < -0.3 is 11.5 Å². The number of hydrogen-bond donors (Lipinski definition) is 2. The van der Waals surface area contributed by atoms with E-state index in [1.165, 1.54) is 0 Å². The molecule has 0 heterocycles. The van der Waals surface area contributed by atoms with E-state index in [1.807, 2.05) is 24.3 Å². The molecule has 1 rings (SSSR count). The van der Waals surface area contributed by atoms with Crippen LogP contribution in [0, 0.1) is 0 Å². The van der Waals surface area contributed by atoms with Gasteiger partial charge in [0, 0.05) is 23.7 Å². The summed E-state index contributed by atoms with van der Waals surface area (Å²) in [5.74, 6) is -0.0301. The summed E-state index contributed by atoms with van der Waals surface area (Å²) in [6.07, 6.45) is 2.57. The molecule has 0 spiro atoms. The van der Waals surface area contributed by atoms with E-state index in [-0.39, 0.29) is 18.8 Å². The lowest BCUT2D eigenvalue weighted by Crippen LogP contribution is -2.21. The van der Waals surface area contributed by atoms with E-state index in [2.05, 4.69) is 6.92 Å². The van der Waals surface area contributed by atoms with Crippen LogP contribution in [0.4, 0.5) is 0 Å². The van der Waals surface area contributed by atoms with Crippen molar-refractivity contribution in [3.63, 3.8) is 0 Å². The van der Waals surface area contributed by atoms with Crippen molar-refractivity contribution in [2.24, 2.45) is 11.5 Å². The Balaban J connectivity index is 2.92. The Labute approximate surface area is 124 Å². The van der Waals surface area contributed by atoms with E-state index in [0.717, 1.165) is 29.1 Å². The molecule has 0 atom stereocenters. The highest BCUT2D eigenvalue weighted by Gasteiger charge is 2.19. The molecule has 0 radical (unpaired) electrons. The van der Waals surface area contributed by atoms with Crippen LogP contribution in [0.1, 0.15) is 44.1 Å². The van der Waals surface area contributed by atoms with Gasteiger partial charge in [-0.3, -0.25) is 9.59 Å². The highest BCUT2D eigenvalue weighted by molar-refractivity contribution is 7.99. The fraction of sp³-hybridized carbons (Fsp3) is 0.467. The second-order valence-electron chi connectivity index (χ2n) is 4.78. The second-order valence-corrected chi connectivity index (χ2v) is 5.91. The summed E-state index contributed by atoms with van der Waals surface area (Å²) in [7, 11) is 0. The Kier molecular flexibility index (Phi) is 7.15. The van der Waals surface area contributed by atoms with Crippen LogP contribution in [0.15, 0.2) is 29.2 Å². The lowest BCUT2D eigenvalue weighted by Gasteiger charge is -2.17. The molecule has 0 bridgehead atoms. The average Bonchev–Trinajstić information content (AvgIpc) is 2.38. The van der Waals surface area contributed by atoms with Gasteiger partial charge in [0.2, 0.25) is 11.8 Å². The van der Waals surface area contributed by atoms with Crippen LogP contribution in [0.5, 0.6) is 0 Å². The molecule has 0 aromatic heterocycles. The minimum absolute atomic E-state index is 0.147. The quantitative estimate of drug-likeness (QED) is 0.541. The van der Waals surface area contributed by atoms with Gasteiger partial charge in [0.05, 0.1) is 0 Å². The average molecular weight is 294 g/mol. The number of nitrogens with two attached hydrogens (primary N) is 2. The first-order chi connectivity index (χ1) is 9.54. The van der Waals surface area contributed by atoms with Crippen LogP contribution < -0.4 is 11.5 Å². The number of rotatable bonds is 9. The van der Waals surface area contributed by atoms with Gasteiger partial charge in [0.15, 0.2) is 0 Å². The fourth-order valence-corrected chi connectivity index (χ4v) is 3.28. The highest BCUT2D eigenvalue weighted by atomic mass is 32.2. The number of carbonyl (C=O) groups is 2. The predicted molar refractivity (Wildman–Crippen MR) is 82.4 cm³/mol. The minimum Gasteiger partial charge on any atom is -0.370 e. The second kappa shape index (κ2) is 8.64. The summed E-state index contributed by atoms with van der Waals surface area (Å²) in [4.78, 5) is 23.5. The molecule has 20 heavy (non-hydrogen) atoms. The van der Waals surface area contributed by atoms with Crippen LogP contribution >= 0.6 is 11.8 Å². The number of thioether (sulfide) groups is 1. The molecule has 2 amide bonds. The number of hydrogen-bond acceptors (Lipinski definition) is 3. The summed E-state index contributed by atoms with van der Waals surface area (Å²) in [5.41, 5.74) is 11.6. The topological polar surface area (TPSA) is 86.2 Å². The number of carbonyl (C=O) groups excluding carboxylic acids is 2. The maximum Gasteiger partial charge on any atom is 0.218 e. The molecule has 5 heteroatoms. The molecular formula is C15H22N2O2S. The Morgan fingerprint density at radius 3 is 2.30 bits per heavy atom. The first-order valence-electron chi connectivity index (χ1n) is 6.83. The molecule has 0 aliphatic carbocycles. The van der Waals surface area contributed by atoms with Gasteiger partial charge in [0.1, 0.15) is 0 Å². The minimum atomic E-state index is -0.412. The van der Waals surface area contributed by atoms with Crippen molar-refractivity contribution < 1.29 is 9.59 Å². The summed E-state index contributed by atoms with van der Waals surface area (Å²) < 4.78 is 0. The van der Waals surface area contributed by atoms with Gasteiger partial charge in [-0.1, -0.05) is 31.5 Å². The summed E-state index contributed by atoms with van der Waals surface area (Å²) in [5, 5.41) is 0. The van der Waals surface area contributed by atoms with Gasteiger partial charge in [-0.25, -0.2) is 0 Å². The maximum atomic E-state index is 11.2. The number of primary amides is 2. The lowest BCUT2D eigenvalue weighted by atomic mass is 9.92. The first kappa shape index (κ1) is 16.6. The van der Waals surface area contributed by atoms with Gasteiger partial charge in [-0.2, -0.15) is 0 Å². The van der Waals surface area contributed by atoms with Crippen molar-refractivity contribution in [2.45, 2.75) is 43.4 Å². The van der Waals surface area contributed by atoms with Crippen molar-refractivity contribution in [2.75, 3.05) is 5.75 Å². The molecular weight excluding hydrogens is 272 g/mol. The van der Waals surface area contributed by atoms with Gasteiger partial charge in [0.25, 0.3) is 0 Å². The van der Waals surface area contributed by atoms with E-state index >= 15 is 0 Å². The number of benzene rings is 1. The van der Waals surface area contributed by atoms with Gasteiger partial charge in [-0.05, 0) is 23.8 Å². The van der Waals surface area contributed by atoms with E-state index < -0.39 is 11.8 Å². The Morgan fingerprint density at radius 2 is 1.75 bits per heavy atom. The largest absolute Gasteiger partial charge is 0.370 e. The van der Waals surface area contributed by atoms with E-state index in [9.17, 15) is 9.59 Å². The van der Waals surface area contributed by atoms with Crippen LogP contribution in [-0.2, 0) is 9.59 Å². The Bertz CT molecular complexity index is 447. The van der Waals surface area contributed by atoms with Crippen molar-refractivity contribution in [1.29, 1.82) is 0 Å². The summed E-state index contributed by atoms with van der Waals surface area (Å²) in [6.45, 7) is 2.15. The molecule has 0 saturated carbocycles. The van der Waals surface area contributed by atoms with E-state index in [0.29, 0.717) is 0 Å². The number of amides is 2. The maximum absolute atomic E-state index is 11.2. The summed E-state index contributed by atoms with van der Waals surface area (Å²) in [6, 6.07) is 7.84. The third-order valence-corrected chi connectivity index (χ3v) is 4.19. The van der Waals surface area contributed by atoms with Crippen molar-refractivity contribution in [1.82, 2.24) is 0 Å². The van der Waals surface area contributed by atoms with Crippen LogP contribution in [-0.4, -0.2) is 17.6 Å². The smallest absolute Gasteiger partial charge is 0.218 e. The molecule has 1 aromatic rings. The van der Waals surface area contributed by atoms with E-state index in [4.69, 9.17) is 11.5 Å². The van der Waals surface area contributed by atoms with Crippen LogP contribution in [0.3, 0.4) is 0 Å². The molecule has 0 saturated heterocycles. The zero-order valence-corrected chi connectivity index (χ0v) is 12.6. The molecule has 0 aliphatic heterocycles. The number of unbranched alkanes of at least 4 members (excludes halogenated alkanes) is 1. The molecule has 4 N–H and O–H groups in total. The third-order valence-electron chi connectivity index (χ3n) is 3.01. The van der Waals surface area contributed by atoms with Gasteiger partial charge >= 0.3 is 0 Å². The monoisotopic (exact) mass is 294 g/mol. The standard InChI is InChI=1S/C15H22N2O2S/c1-2-3-8-20-13-7-5-4-6-12(13)11(9-14(16)18)10-15(17)19/h4-7,11H,2-3,8-10H2,1H3,(H2,16,18)(H2,17,19). The van der Waals surface area contributed by atoms with E-state index in [1.54, 1.807) is 11.8 Å². The first-order valence-corrected chi connectivity index (χ1v) is 7.81. The predicted octanol–water partition coefficient (Wildman–Crippen LogP) is 2.41. The zero-order valence-electron chi connectivity index (χ0n) is 11.8.